The zero-order valence-electron chi connectivity index (χ0n) is 13.7. The van der Waals surface area contributed by atoms with Crippen LogP contribution in [-0.4, -0.2) is 26.1 Å². The maximum absolute atomic E-state index is 12.4. The molecule has 0 radical (unpaired) electrons. The van der Waals surface area contributed by atoms with Crippen molar-refractivity contribution >= 4 is 5.91 Å². The molecule has 0 bridgehead atoms. The summed E-state index contributed by atoms with van der Waals surface area (Å²) in [5.41, 5.74) is 3.62. The topological polar surface area (TPSA) is 96.7 Å². The fourth-order valence-electron chi connectivity index (χ4n) is 2.61. The second-order valence-electron chi connectivity index (χ2n) is 5.57. The largest absolute Gasteiger partial charge is 0.463 e. The van der Waals surface area contributed by atoms with Crippen LogP contribution in [0.1, 0.15) is 16.1 Å². The molecule has 4 heterocycles. The van der Waals surface area contributed by atoms with Crippen molar-refractivity contribution in [1.82, 2.24) is 25.5 Å². The molecule has 0 fully saturated rings. The van der Waals surface area contributed by atoms with Gasteiger partial charge in [-0.3, -0.25) is 19.9 Å². The van der Waals surface area contributed by atoms with E-state index in [1.807, 2.05) is 24.3 Å². The summed E-state index contributed by atoms with van der Waals surface area (Å²) in [7, 11) is 0. The Morgan fingerprint density at radius 2 is 2.00 bits per heavy atom. The molecule has 7 nitrogen and oxygen atoms in total. The number of nitrogens with one attached hydrogen (secondary N) is 2. The van der Waals surface area contributed by atoms with Crippen LogP contribution in [0.5, 0.6) is 0 Å². The molecule has 0 atom stereocenters. The molecule has 4 rings (SSSR count). The van der Waals surface area contributed by atoms with Gasteiger partial charge < -0.3 is 9.73 Å². The van der Waals surface area contributed by atoms with Gasteiger partial charge >= 0.3 is 0 Å². The number of amides is 1. The molecule has 4 aromatic heterocycles. The van der Waals surface area contributed by atoms with Gasteiger partial charge in [0.25, 0.3) is 5.91 Å². The van der Waals surface area contributed by atoms with Gasteiger partial charge in [0.15, 0.2) is 11.5 Å². The van der Waals surface area contributed by atoms with Crippen LogP contribution in [-0.2, 0) is 6.54 Å². The summed E-state index contributed by atoms with van der Waals surface area (Å²) in [5.74, 6) is 0.354. The first-order valence-corrected chi connectivity index (χ1v) is 8.03. The summed E-state index contributed by atoms with van der Waals surface area (Å²) in [6.45, 7) is 0.341. The molecule has 0 aliphatic rings. The number of carbonyl (C=O) groups is 1. The minimum absolute atomic E-state index is 0.274. The highest BCUT2D eigenvalue weighted by molar-refractivity contribution is 5.93. The Labute approximate surface area is 149 Å². The van der Waals surface area contributed by atoms with E-state index < -0.39 is 0 Å². The molecule has 26 heavy (non-hydrogen) atoms. The summed E-state index contributed by atoms with van der Waals surface area (Å²) < 4.78 is 5.29. The molecule has 0 spiro atoms. The van der Waals surface area contributed by atoms with Crippen LogP contribution in [0.2, 0.25) is 0 Å². The molecular formula is C19H15N5O2. The molecule has 0 aliphatic carbocycles. The summed E-state index contributed by atoms with van der Waals surface area (Å²) >= 11 is 0. The fourth-order valence-corrected chi connectivity index (χ4v) is 2.61. The van der Waals surface area contributed by atoms with Crippen molar-refractivity contribution in [2.75, 3.05) is 0 Å². The van der Waals surface area contributed by atoms with Gasteiger partial charge in [-0.25, -0.2) is 0 Å². The third kappa shape index (κ3) is 3.23. The second kappa shape index (κ2) is 7.02. The number of hydrogen-bond acceptors (Lipinski definition) is 5. The van der Waals surface area contributed by atoms with E-state index in [9.17, 15) is 4.79 Å². The van der Waals surface area contributed by atoms with E-state index in [1.54, 1.807) is 43.1 Å². The molecule has 128 valence electrons. The molecule has 2 N–H and O–H groups in total. The number of furan rings is 1. The lowest BCUT2D eigenvalue weighted by Crippen LogP contribution is -2.23. The van der Waals surface area contributed by atoms with E-state index in [-0.39, 0.29) is 5.91 Å². The maximum atomic E-state index is 12.4. The first-order chi connectivity index (χ1) is 12.8. The number of H-pyrrole nitrogens is 1. The van der Waals surface area contributed by atoms with Crippen molar-refractivity contribution in [2.24, 2.45) is 0 Å². The van der Waals surface area contributed by atoms with E-state index >= 15 is 0 Å². The average molecular weight is 345 g/mol. The Balaban J connectivity index is 1.49. The van der Waals surface area contributed by atoms with Gasteiger partial charge in [-0.2, -0.15) is 5.10 Å². The molecule has 4 aromatic rings. The highest BCUT2D eigenvalue weighted by atomic mass is 16.3. The van der Waals surface area contributed by atoms with Crippen molar-refractivity contribution in [2.45, 2.75) is 6.54 Å². The van der Waals surface area contributed by atoms with Crippen LogP contribution in [0.15, 0.2) is 71.7 Å². The van der Waals surface area contributed by atoms with Gasteiger partial charge in [0.05, 0.1) is 12.0 Å². The third-order valence-corrected chi connectivity index (χ3v) is 3.88. The maximum Gasteiger partial charge on any atom is 0.272 e. The molecule has 0 unspecified atom stereocenters. The van der Waals surface area contributed by atoms with Gasteiger partial charge in [-0.05, 0) is 35.9 Å². The van der Waals surface area contributed by atoms with E-state index in [2.05, 4.69) is 25.5 Å². The molecular weight excluding hydrogens is 330 g/mol. The van der Waals surface area contributed by atoms with E-state index in [0.717, 1.165) is 16.8 Å². The van der Waals surface area contributed by atoms with E-state index in [0.29, 0.717) is 23.7 Å². The quantitative estimate of drug-likeness (QED) is 0.579. The van der Waals surface area contributed by atoms with Gasteiger partial charge in [-0.15, -0.1) is 0 Å². The van der Waals surface area contributed by atoms with Crippen LogP contribution in [0.25, 0.3) is 22.7 Å². The van der Waals surface area contributed by atoms with E-state index in [1.165, 1.54) is 0 Å². The smallest absolute Gasteiger partial charge is 0.272 e. The predicted molar refractivity (Wildman–Crippen MR) is 94.9 cm³/mol. The Kier molecular flexibility index (Phi) is 4.26. The normalized spacial score (nSPS) is 10.6. The first-order valence-electron chi connectivity index (χ1n) is 8.03. The summed E-state index contributed by atoms with van der Waals surface area (Å²) in [4.78, 5) is 20.8. The monoisotopic (exact) mass is 345 g/mol. The van der Waals surface area contributed by atoms with Gasteiger partial charge in [0.2, 0.25) is 0 Å². The second-order valence-corrected chi connectivity index (χ2v) is 5.57. The highest BCUT2D eigenvalue weighted by Gasteiger charge is 2.14. The Bertz CT molecular complexity index is 1010. The number of hydrogen-bond donors (Lipinski definition) is 2. The summed E-state index contributed by atoms with van der Waals surface area (Å²) in [6, 6.07) is 12.8. The van der Waals surface area contributed by atoms with Crippen molar-refractivity contribution < 1.29 is 9.21 Å². The predicted octanol–water partition coefficient (Wildman–Crippen LogP) is 3.06. The molecule has 1 amide bonds. The number of aromatic amines is 1. The molecule has 0 aromatic carbocycles. The van der Waals surface area contributed by atoms with Crippen LogP contribution in [0.3, 0.4) is 0 Å². The van der Waals surface area contributed by atoms with Crippen molar-refractivity contribution in [3.8, 4) is 22.7 Å². The summed E-state index contributed by atoms with van der Waals surface area (Å²) in [6.07, 6.45) is 6.72. The number of nitrogens with zero attached hydrogens (tertiary/aromatic N) is 3. The Morgan fingerprint density at radius 1 is 1.12 bits per heavy atom. The number of rotatable bonds is 5. The van der Waals surface area contributed by atoms with Crippen LogP contribution in [0.4, 0.5) is 0 Å². The lowest BCUT2D eigenvalue weighted by molar-refractivity contribution is 0.0946. The number of carbonyl (C=O) groups excluding carboxylic acids is 1. The molecule has 7 heteroatoms. The van der Waals surface area contributed by atoms with Gasteiger partial charge in [-0.1, -0.05) is 6.07 Å². The molecule has 0 aliphatic heterocycles. The SMILES string of the molecule is O=C(NCc1cccnc1-c1ccncc1)c1cc(-c2ccco2)[nH]n1. The standard InChI is InChI=1S/C19H15N5O2/c25-19(16-11-15(23-24-16)17-4-2-10-26-17)22-12-14-3-1-7-21-18(14)13-5-8-20-9-6-13/h1-11H,12H2,(H,22,25)(H,23,24). The minimum atomic E-state index is -0.274. The number of pyridine rings is 2. The van der Waals surface area contributed by atoms with Crippen molar-refractivity contribution in [1.29, 1.82) is 0 Å². The van der Waals surface area contributed by atoms with Crippen LogP contribution >= 0.6 is 0 Å². The zero-order valence-corrected chi connectivity index (χ0v) is 13.7. The fraction of sp³-hybridized carbons (Fsp3) is 0.0526. The number of aromatic nitrogens is 4. The Morgan fingerprint density at radius 3 is 2.81 bits per heavy atom. The average Bonchev–Trinajstić information content (AvgIpc) is 3.38. The lowest BCUT2D eigenvalue weighted by atomic mass is 10.1. The van der Waals surface area contributed by atoms with Crippen molar-refractivity contribution in [3.05, 3.63) is 78.6 Å². The minimum Gasteiger partial charge on any atom is -0.463 e. The van der Waals surface area contributed by atoms with Gasteiger partial charge in [0.1, 0.15) is 5.69 Å². The van der Waals surface area contributed by atoms with Crippen LogP contribution in [0, 0.1) is 0 Å². The molecule has 0 saturated carbocycles. The van der Waals surface area contributed by atoms with Crippen molar-refractivity contribution in [3.63, 3.8) is 0 Å². The summed E-state index contributed by atoms with van der Waals surface area (Å²) in [5, 5.41) is 9.72. The first kappa shape index (κ1) is 15.8. The lowest BCUT2D eigenvalue weighted by Gasteiger charge is -2.09. The zero-order chi connectivity index (χ0) is 17.8. The highest BCUT2D eigenvalue weighted by Crippen LogP contribution is 2.20. The Hall–Kier alpha value is -3.74. The van der Waals surface area contributed by atoms with E-state index in [4.69, 9.17) is 4.42 Å². The molecule has 0 saturated heterocycles. The third-order valence-electron chi connectivity index (χ3n) is 3.88. The van der Waals surface area contributed by atoms with Gasteiger partial charge in [0, 0.05) is 36.8 Å². The van der Waals surface area contributed by atoms with Crippen LogP contribution < -0.4 is 5.32 Å².